The number of rotatable bonds is 37. The first kappa shape index (κ1) is 53.1. The van der Waals surface area contributed by atoms with E-state index in [1.165, 1.54) is 70.6 Å². The molecule has 0 radical (unpaired) electrons. The maximum absolute atomic E-state index is 12.8. The fourth-order valence-electron chi connectivity index (χ4n) is 6.72. The molecular formula is C44H80O12S. The van der Waals surface area contributed by atoms with Gasteiger partial charge in [-0.2, -0.15) is 8.42 Å². The molecule has 0 saturated carbocycles. The Kier molecular flexibility index (Phi) is 32.6. The number of allylic oxidation sites excluding steroid dienone is 4. The van der Waals surface area contributed by atoms with E-state index in [-0.39, 0.29) is 19.4 Å². The Morgan fingerprint density at radius 2 is 1.00 bits per heavy atom. The second-order valence-electron chi connectivity index (χ2n) is 15.7. The van der Waals surface area contributed by atoms with Crippen LogP contribution in [0.4, 0.5) is 0 Å². The summed E-state index contributed by atoms with van der Waals surface area (Å²) in [5.41, 5.74) is 0. The molecular weight excluding hydrogens is 753 g/mol. The molecule has 0 aromatic heterocycles. The summed E-state index contributed by atoms with van der Waals surface area (Å²) >= 11 is 0. The number of ether oxygens (including phenoxy) is 4. The van der Waals surface area contributed by atoms with Gasteiger partial charge in [0.25, 0.3) is 10.1 Å². The van der Waals surface area contributed by atoms with Gasteiger partial charge in [-0.15, -0.1) is 0 Å². The maximum atomic E-state index is 12.8. The van der Waals surface area contributed by atoms with Crippen molar-refractivity contribution in [2.75, 3.05) is 19.0 Å². The molecule has 13 heteroatoms. The van der Waals surface area contributed by atoms with E-state index in [1.54, 1.807) is 0 Å². The van der Waals surface area contributed by atoms with Crippen molar-refractivity contribution < 1.29 is 56.8 Å². The minimum atomic E-state index is -4.60. The Balaban J connectivity index is 2.47. The number of unbranched alkanes of at least 4 members (excludes halogenated alkanes) is 21. The number of carbonyl (C=O) groups is 2. The summed E-state index contributed by atoms with van der Waals surface area (Å²) in [5, 5.41) is 30.8. The zero-order valence-electron chi connectivity index (χ0n) is 35.4. The molecule has 0 spiro atoms. The van der Waals surface area contributed by atoms with Crippen LogP contribution in [0.25, 0.3) is 0 Å². The predicted molar refractivity (Wildman–Crippen MR) is 224 cm³/mol. The van der Waals surface area contributed by atoms with E-state index in [2.05, 4.69) is 38.2 Å². The highest BCUT2D eigenvalue weighted by Crippen LogP contribution is 2.24. The van der Waals surface area contributed by atoms with Gasteiger partial charge in [0.05, 0.1) is 6.61 Å². The Morgan fingerprint density at radius 1 is 0.579 bits per heavy atom. The van der Waals surface area contributed by atoms with Crippen molar-refractivity contribution in [3.63, 3.8) is 0 Å². The standard InChI is InChI=1S/C44H80O12S/c1-3-5-7-9-11-13-15-17-19-21-22-24-26-28-30-32-39(45)53-34-37(35-54-44-43(49)42(48)41(47)38(56-44)36-57(50,51)52)55-40(46)33-31-29-27-25-23-20-18-16-14-12-10-8-6-4-2/h16-19,37-38,41-44,47-49H,3-15,20-36H2,1-2H3,(H,50,51,52)/b18-16+,19-17+/t37-,38-,41-,42?,43?,44+/m1/s1. The zero-order valence-corrected chi connectivity index (χ0v) is 36.3. The Hall–Kier alpha value is -1.87. The van der Waals surface area contributed by atoms with Crippen LogP contribution in [0.5, 0.6) is 0 Å². The summed E-state index contributed by atoms with van der Waals surface area (Å²) in [6.07, 6.45) is 27.9. The summed E-state index contributed by atoms with van der Waals surface area (Å²) in [6.45, 7) is 3.73. The average Bonchev–Trinajstić information content (AvgIpc) is 3.17. The molecule has 57 heavy (non-hydrogen) atoms. The minimum Gasteiger partial charge on any atom is -0.462 e. The van der Waals surface area contributed by atoms with Crippen molar-refractivity contribution in [1.82, 2.24) is 0 Å². The van der Waals surface area contributed by atoms with Crippen LogP contribution in [0.2, 0.25) is 0 Å². The maximum Gasteiger partial charge on any atom is 0.306 e. The molecule has 1 aliphatic rings. The van der Waals surface area contributed by atoms with E-state index < -0.39 is 71.2 Å². The lowest BCUT2D eigenvalue weighted by molar-refractivity contribution is -0.297. The van der Waals surface area contributed by atoms with Gasteiger partial charge in [-0.05, 0) is 64.2 Å². The lowest BCUT2D eigenvalue weighted by atomic mass is 10.00. The topological polar surface area (TPSA) is 186 Å². The molecule has 0 aromatic rings. The molecule has 1 heterocycles. The predicted octanol–water partition coefficient (Wildman–Crippen LogP) is 8.84. The summed E-state index contributed by atoms with van der Waals surface area (Å²) in [6, 6.07) is 0. The molecule has 1 saturated heterocycles. The monoisotopic (exact) mass is 833 g/mol. The molecule has 0 aliphatic carbocycles. The molecule has 0 amide bonds. The van der Waals surface area contributed by atoms with Gasteiger partial charge in [-0.1, -0.05) is 134 Å². The summed E-state index contributed by atoms with van der Waals surface area (Å²) < 4.78 is 54.0. The summed E-state index contributed by atoms with van der Waals surface area (Å²) in [5.74, 6) is -2.00. The van der Waals surface area contributed by atoms with Crippen LogP contribution in [-0.4, -0.2) is 96.0 Å². The van der Waals surface area contributed by atoms with Crippen LogP contribution < -0.4 is 0 Å². The first-order valence-electron chi connectivity index (χ1n) is 22.4. The Bertz CT molecular complexity index is 1160. The largest absolute Gasteiger partial charge is 0.462 e. The molecule has 2 unspecified atom stereocenters. The molecule has 1 rings (SSSR count). The number of esters is 2. The SMILES string of the molecule is CCCCCCC/C=C/CCCCCCCC(=O)O[C@H](COC(=O)CCCCCCC/C=C/CCCCCCCC)CO[C@H]1O[C@H](CS(=O)(=O)O)[C@@H](O)C(O)C1O. The van der Waals surface area contributed by atoms with Crippen molar-refractivity contribution in [3.8, 4) is 0 Å². The van der Waals surface area contributed by atoms with Crippen LogP contribution in [0.15, 0.2) is 24.3 Å². The quantitative estimate of drug-likeness (QED) is 0.0202. The van der Waals surface area contributed by atoms with Crippen molar-refractivity contribution in [2.24, 2.45) is 0 Å². The first-order chi connectivity index (χ1) is 27.5. The molecule has 1 fully saturated rings. The summed E-state index contributed by atoms with van der Waals surface area (Å²) in [4.78, 5) is 25.4. The second kappa shape index (κ2) is 34.9. The fourth-order valence-corrected chi connectivity index (χ4v) is 7.42. The first-order valence-corrected chi connectivity index (χ1v) is 24.0. The molecule has 4 N–H and O–H groups in total. The van der Waals surface area contributed by atoms with E-state index >= 15 is 0 Å². The van der Waals surface area contributed by atoms with Crippen LogP contribution >= 0.6 is 0 Å². The van der Waals surface area contributed by atoms with Crippen molar-refractivity contribution in [1.29, 1.82) is 0 Å². The Labute approximate surface area is 345 Å². The van der Waals surface area contributed by atoms with Gasteiger partial charge in [0.2, 0.25) is 0 Å². The van der Waals surface area contributed by atoms with E-state index in [1.807, 2.05) is 0 Å². The van der Waals surface area contributed by atoms with Crippen LogP contribution in [-0.2, 0) is 38.7 Å². The molecule has 12 nitrogen and oxygen atoms in total. The number of hydrogen-bond acceptors (Lipinski definition) is 11. The van der Waals surface area contributed by atoms with Gasteiger partial charge in [0.15, 0.2) is 12.4 Å². The highest BCUT2D eigenvalue weighted by atomic mass is 32.2. The Morgan fingerprint density at radius 3 is 1.46 bits per heavy atom. The third-order valence-electron chi connectivity index (χ3n) is 10.3. The molecule has 6 atom stereocenters. The van der Waals surface area contributed by atoms with E-state index in [9.17, 15) is 37.9 Å². The normalized spacial score (nSPS) is 20.7. The average molecular weight is 833 g/mol. The van der Waals surface area contributed by atoms with Crippen LogP contribution in [0, 0.1) is 0 Å². The highest BCUT2D eigenvalue weighted by molar-refractivity contribution is 7.85. The number of aliphatic hydroxyl groups is 3. The number of aliphatic hydroxyl groups excluding tert-OH is 3. The van der Waals surface area contributed by atoms with E-state index in [4.69, 9.17) is 18.9 Å². The minimum absolute atomic E-state index is 0.154. The summed E-state index contributed by atoms with van der Waals surface area (Å²) in [7, 11) is -4.60. The second-order valence-corrected chi connectivity index (χ2v) is 17.2. The van der Waals surface area contributed by atoms with E-state index in [0.717, 1.165) is 77.0 Å². The molecule has 1 aliphatic heterocycles. The third-order valence-corrected chi connectivity index (χ3v) is 11.0. The van der Waals surface area contributed by atoms with Crippen molar-refractivity contribution in [2.45, 2.75) is 224 Å². The fraction of sp³-hybridized carbons (Fsp3) is 0.864. The number of carbonyl (C=O) groups excluding carboxylic acids is 2. The molecule has 0 bridgehead atoms. The van der Waals surface area contributed by atoms with Gasteiger partial charge in [0.1, 0.15) is 36.8 Å². The molecule has 334 valence electrons. The number of hydrogen-bond donors (Lipinski definition) is 4. The lowest BCUT2D eigenvalue weighted by Gasteiger charge is -2.40. The molecule has 0 aromatic carbocycles. The third kappa shape index (κ3) is 29.9. The van der Waals surface area contributed by atoms with E-state index in [0.29, 0.717) is 12.8 Å². The lowest BCUT2D eigenvalue weighted by Crippen LogP contribution is -2.60. The van der Waals surface area contributed by atoms with Crippen LogP contribution in [0.1, 0.15) is 187 Å². The van der Waals surface area contributed by atoms with Gasteiger partial charge >= 0.3 is 11.9 Å². The van der Waals surface area contributed by atoms with Gasteiger partial charge in [-0.3, -0.25) is 14.1 Å². The zero-order chi connectivity index (χ0) is 42.0. The van der Waals surface area contributed by atoms with Gasteiger partial charge < -0.3 is 34.3 Å². The smallest absolute Gasteiger partial charge is 0.306 e. The van der Waals surface area contributed by atoms with Gasteiger partial charge in [-0.25, -0.2) is 0 Å². The van der Waals surface area contributed by atoms with Crippen molar-refractivity contribution >= 4 is 22.1 Å². The van der Waals surface area contributed by atoms with Crippen LogP contribution in [0.3, 0.4) is 0 Å². The highest BCUT2D eigenvalue weighted by Gasteiger charge is 2.46. The van der Waals surface area contributed by atoms with Crippen molar-refractivity contribution in [3.05, 3.63) is 24.3 Å². The van der Waals surface area contributed by atoms with Gasteiger partial charge in [0, 0.05) is 12.8 Å².